The van der Waals surface area contributed by atoms with E-state index in [0.29, 0.717) is 13.0 Å². The molecule has 88 valence electrons. The van der Waals surface area contributed by atoms with Gasteiger partial charge in [-0.25, -0.2) is 10.2 Å². The minimum Gasteiger partial charge on any atom is -0.443 e. The molecule has 0 rings (SSSR count). The Kier molecular flexibility index (Phi) is 5.93. The average Bonchev–Trinajstić information content (AvgIpc) is 2.08. The Balaban J connectivity index is 3.88. The fraction of sp³-hybridized carbons (Fsp3) is 0.800. The van der Waals surface area contributed by atoms with Crippen molar-refractivity contribution in [1.29, 1.82) is 0 Å². The van der Waals surface area contributed by atoms with E-state index in [1.165, 1.54) is 0 Å². The van der Waals surface area contributed by atoms with Crippen molar-refractivity contribution in [2.75, 3.05) is 13.7 Å². The summed E-state index contributed by atoms with van der Waals surface area (Å²) in [7, 11) is 1.62. The summed E-state index contributed by atoms with van der Waals surface area (Å²) in [5, 5.41) is 3.86. The van der Waals surface area contributed by atoms with E-state index in [1.807, 2.05) is 6.92 Å². The first-order chi connectivity index (χ1) is 6.85. The number of nitrogens with one attached hydrogen (secondary N) is 1. The van der Waals surface area contributed by atoms with E-state index in [9.17, 15) is 4.79 Å². The molecule has 0 spiro atoms. The first-order valence-corrected chi connectivity index (χ1v) is 4.86. The molecule has 0 heterocycles. The molecule has 0 aromatic rings. The maximum atomic E-state index is 11.2. The van der Waals surface area contributed by atoms with Gasteiger partial charge in [-0.05, 0) is 27.7 Å². The molecule has 5 heteroatoms. The molecular formula is C10H20N2O3. The van der Waals surface area contributed by atoms with Gasteiger partial charge in [0.2, 0.25) is 0 Å². The summed E-state index contributed by atoms with van der Waals surface area (Å²) in [5.41, 5.74) is 2.61. The molecule has 15 heavy (non-hydrogen) atoms. The quantitative estimate of drug-likeness (QED) is 0.577. The fourth-order valence-corrected chi connectivity index (χ4v) is 0.748. The van der Waals surface area contributed by atoms with Crippen LogP contribution in [-0.4, -0.2) is 31.1 Å². The zero-order valence-electron chi connectivity index (χ0n) is 10.1. The van der Waals surface area contributed by atoms with Crippen molar-refractivity contribution in [3.8, 4) is 0 Å². The summed E-state index contributed by atoms with van der Waals surface area (Å²) >= 11 is 0. The number of methoxy groups -OCH3 is 1. The Bertz CT molecular complexity index is 231. The molecule has 0 saturated carbocycles. The topological polar surface area (TPSA) is 59.9 Å². The lowest BCUT2D eigenvalue weighted by molar-refractivity contribution is 0.0529. The van der Waals surface area contributed by atoms with Gasteiger partial charge in [0, 0.05) is 19.2 Å². The van der Waals surface area contributed by atoms with E-state index >= 15 is 0 Å². The van der Waals surface area contributed by atoms with Gasteiger partial charge in [-0.2, -0.15) is 5.10 Å². The molecule has 0 radical (unpaired) electrons. The van der Waals surface area contributed by atoms with Gasteiger partial charge in [0.1, 0.15) is 5.60 Å². The highest BCUT2D eigenvalue weighted by molar-refractivity contribution is 5.83. The van der Waals surface area contributed by atoms with Crippen molar-refractivity contribution < 1.29 is 14.3 Å². The maximum Gasteiger partial charge on any atom is 0.428 e. The molecule has 0 unspecified atom stereocenters. The molecule has 0 fully saturated rings. The zero-order valence-corrected chi connectivity index (χ0v) is 10.1. The van der Waals surface area contributed by atoms with E-state index in [0.717, 1.165) is 5.71 Å². The van der Waals surface area contributed by atoms with E-state index in [-0.39, 0.29) is 0 Å². The lowest BCUT2D eigenvalue weighted by Gasteiger charge is -2.18. The molecule has 1 amide bonds. The Morgan fingerprint density at radius 2 is 2.00 bits per heavy atom. The Labute approximate surface area is 90.8 Å². The van der Waals surface area contributed by atoms with Crippen LogP contribution in [-0.2, 0) is 9.47 Å². The van der Waals surface area contributed by atoms with Crippen LogP contribution in [0.25, 0.3) is 0 Å². The lowest BCUT2D eigenvalue weighted by Crippen LogP contribution is -2.30. The maximum absolute atomic E-state index is 11.2. The number of hydrogen-bond acceptors (Lipinski definition) is 4. The van der Waals surface area contributed by atoms with Crippen LogP contribution in [0.15, 0.2) is 5.10 Å². The van der Waals surface area contributed by atoms with Crippen LogP contribution in [0.3, 0.4) is 0 Å². The van der Waals surface area contributed by atoms with Crippen molar-refractivity contribution in [3.63, 3.8) is 0 Å². The first-order valence-electron chi connectivity index (χ1n) is 4.86. The molecule has 0 aliphatic carbocycles. The Morgan fingerprint density at radius 1 is 1.40 bits per heavy atom. The zero-order chi connectivity index (χ0) is 11.9. The molecular weight excluding hydrogens is 196 g/mol. The van der Waals surface area contributed by atoms with Crippen LogP contribution in [0.5, 0.6) is 0 Å². The molecule has 0 bridgehead atoms. The summed E-state index contributed by atoms with van der Waals surface area (Å²) in [6.07, 6.45) is 0.144. The number of ether oxygens (including phenoxy) is 2. The third kappa shape index (κ3) is 9.21. The summed E-state index contributed by atoms with van der Waals surface area (Å²) in [6.45, 7) is 7.80. The minimum atomic E-state index is -0.542. The number of amides is 1. The van der Waals surface area contributed by atoms with Crippen molar-refractivity contribution in [2.45, 2.75) is 39.7 Å². The highest BCUT2D eigenvalue weighted by Crippen LogP contribution is 2.06. The molecule has 0 saturated heterocycles. The molecule has 0 aromatic carbocycles. The molecule has 1 N–H and O–H groups in total. The summed E-state index contributed by atoms with van der Waals surface area (Å²) < 4.78 is 9.88. The first kappa shape index (κ1) is 13.9. The molecule has 5 nitrogen and oxygen atoms in total. The summed E-state index contributed by atoms with van der Waals surface area (Å²) in [6, 6.07) is 0. The summed E-state index contributed by atoms with van der Waals surface area (Å²) in [5.74, 6) is 0. The summed E-state index contributed by atoms with van der Waals surface area (Å²) in [4.78, 5) is 11.2. The average molecular weight is 216 g/mol. The minimum absolute atomic E-state index is 0.500. The van der Waals surface area contributed by atoms with Crippen LogP contribution in [0.1, 0.15) is 34.1 Å². The lowest BCUT2D eigenvalue weighted by atomic mass is 10.2. The number of hydrogen-bond donors (Lipinski definition) is 1. The van der Waals surface area contributed by atoms with Gasteiger partial charge >= 0.3 is 6.09 Å². The molecule has 0 aliphatic heterocycles. The van der Waals surface area contributed by atoms with Crippen LogP contribution in [0, 0.1) is 0 Å². The molecule has 0 aliphatic rings. The highest BCUT2D eigenvalue weighted by Gasteiger charge is 2.15. The van der Waals surface area contributed by atoms with Crippen LogP contribution < -0.4 is 5.43 Å². The van der Waals surface area contributed by atoms with Gasteiger partial charge < -0.3 is 9.47 Å². The van der Waals surface area contributed by atoms with Gasteiger partial charge in [-0.15, -0.1) is 0 Å². The Morgan fingerprint density at radius 3 is 2.47 bits per heavy atom. The normalized spacial score (nSPS) is 12.5. The van der Waals surface area contributed by atoms with Crippen molar-refractivity contribution in [1.82, 2.24) is 5.43 Å². The fourth-order valence-electron chi connectivity index (χ4n) is 0.748. The number of carbonyl (C=O) groups excluding carboxylic acids is 1. The van der Waals surface area contributed by atoms with Gasteiger partial charge in [0.15, 0.2) is 0 Å². The SMILES string of the molecule is COCC/C(C)=N\NC(=O)OC(C)(C)C. The number of nitrogens with zero attached hydrogens (tertiary/aromatic N) is 1. The van der Waals surface area contributed by atoms with E-state index in [1.54, 1.807) is 27.9 Å². The highest BCUT2D eigenvalue weighted by atomic mass is 16.6. The second-order valence-corrected chi connectivity index (χ2v) is 4.20. The largest absolute Gasteiger partial charge is 0.443 e. The van der Waals surface area contributed by atoms with Crippen LogP contribution >= 0.6 is 0 Å². The molecule has 0 atom stereocenters. The van der Waals surface area contributed by atoms with Gasteiger partial charge in [-0.1, -0.05) is 0 Å². The van der Waals surface area contributed by atoms with Gasteiger partial charge in [0.05, 0.1) is 6.61 Å². The number of carbonyl (C=O) groups is 1. The number of hydrazone groups is 1. The van der Waals surface area contributed by atoms with Crippen LogP contribution in [0.2, 0.25) is 0 Å². The predicted octanol–water partition coefficient (Wildman–Crippen LogP) is 1.92. The second kappa shape index (κ2) is 6.40. The Hall–Kier alpha value is -1.10. The smallest absolute Gasteiger partial charge is 0.428 e. The second-order valence-electron chi connectivity index (χ2n) is 4.20. The van der Waals surface area contributed by atoms with Gasteiger partial charge in [-0.3, -0.25) is 0 Å². The van der Waals surface area contributed by atoms with Gasteiger partial charge in [0.25, 0.3) is 0 Å². The monoisotopic (exact) mass is 216 g/mol. The van der Waals surface area contributed by atoms with E-state index in [4.69, 9.17) is 9.47 Å². The third-order valence-corrected chi connectivity index (χ3v) is 1.40. The molecule has 0 aromatic heterocycles. The standard InChI is InChI=1S/C10H20N2O3/c1-8(6-7-14-5)11-12-9(13)15-10(2,3)4/h6-7H2,1-5H3,(H,12,13)/b11-8-. The van der Waals surface area contributed by atoms with Crippen molar-refractivity contribution in [2.24, 2.45) is 5.10 Å². The van der Waals surface area contributed by atoms with Crippen molar-refractivity contribution >= 4 is 11.8 Å². The van der Waals surface area contributed by atoms with Crippen LogP contribution in [0.4, 0.5) is 4.79 Å². The third-order valence-electron chi connectivity index (χ3n) is 1.40. The number of rotatable bonds is 4. The van der Waals surface area contributed by atoms with E-state index < -0.39 is 11.7 Å². The predicted molar refractivity (Wildman–Crippen MR) is 59.0 cm³/mol. The van der Waals surface area contributed by atoms with Crippen molar-refractivity contribution in [3.05, 3.63) is 0 Å². The van der Waals surface area contributed by atoms with E-state index in [2.05, 4.69) is 10.5 Å².